The molecule has 0 saturated carbocycles. The number of nitrogens with one attached hydrogen (secondary N) is 1. The largest absolute Gasteiger partial charge is 0.369 e. The molecule has 1 N–H and O–H groups in total. The predicted octanol–water partition coefficient (Wildman–Crippen LogP) is 1.67. The zero-order valence-corrected chi connectivity index (χ0v) is 14.8. The van der Waals surface area contributed by atoms with Crippen LogP contribution < -0.4 is 10.2 Å². The molecular weight excluding hydrogens is 329 g/mol. The number of anilines is 1. The molecule has 0 spiro atoms. The zero-order valence-electron chi connectivity index (χ0n) is 14.0. The molecule has 134 valence electrons. The standard InChI is InChI=1S/C17H26FN3O2S/c18-16-1-3-17(4-2-16)20-10-12-21(13-11-20)24(22,23)14-7-15-5-8-19-9-6-15/h1-4,15,19H,5-14H2. The second kappa shape index (κ2) is 7.80. The minimum absolute atomic E-state index is 0.252. The van der Waals surface area contributed by atoms with Crippen molar-refractivity contribution in [3.63, 3.8) is 0 Å². The van der Waals surface area contributed by atoms with E-state index in [0.717, 1.165) is 38.0 Å². The molecule has 2 heterocycles. The number of benzene rings is 1. The summed E-state index contributed by atoms with van der Waals surface area (Å²) in [6.07, 6.45) is 2.92. The molecule has 0 bridgehead atoms. The van der Waals surface area contributed by atoms with Crippen molar-refractivity contribution in [2.45, 2.75) is 19.3 Å². The molecule has 0 unspecified atom stereocenters. The van der Waals surface area contributed by atoms with Crippen molar-refractivity contribution >= 4 is 15.7 Å². The lowest BCUT2D eigenvalue weighted by atomic mass is 9.96. The molecule has 1 aromatic rings. The first-order valence-corrected chi connectivity index (χ1v) is 10.3. The Morgan fingerprint density at radius 3 is 2.29 bits per heavy atom. The maximum atomic E-state index is 13.0. The maximum Gasteiger partial charge on any atom is 0.214 e. The summed E-state index contributed by atoms with van der Waals surface area (Å²) in [5.74, 6) is 0.535. The highest BCUT2D eigenvalue weighted by Crippen LogP contribution is 2.21. The van der Waals surface area contributed by atoms with Crippen LogP contribution in [0.15, 0.2) is 24.3 Å². The van der Waals surface area contributed by atoms with Gasteiger partial charge in [0.15, 0.2) is 0 Å². The van der Waals surface area contributed by atoms with E-state index in [9.17, 15) is 12.8 Å². The van der Waals surface area contributed by atoms with Crippen LogP contribution in [0.5, 0.6) is 0 Å². The van der Waals surface area contributed by atoms with Gasteiger partial charge in [-0.2, -0.15) is 4.31 Å². The number of piperidine rings is 1. The summed E-state index contributed by atoms with van der Waals surface area (Å²) in [5.41, 5.74) is 0.947. The van der Waals surface area contributed by atoms with Gasteiger partial charge in [-0.15, -0.1) is 0 Å². The van der Waals surface area contributed by atoms with Crippen LogP contribution in [0.4, 0.5) is 10.1 Å². The molecule has 0 radical (unpaired) electrons. The summed E-state index contributed by atoms with van der Waals surface area (Å²) in [6.45, 7) is 4.32. The molecule has 0 aromatic heterocycles. The summed E-state index contributed by atoms with van der Waals surface area (Å²) < 4.78 is 39.7. The van der Waals surface area contributed by atoms with Gasteiger partial charge in [-0.1, -0.05) is 0 Å². The number of halogens is 1. The molecule has 0 atom stereocenters. The second-order valence-electron chi connectivity index (χ2n) is 6.66. The maximum absolute atomic E-state index is 13.0. The minimum atomic E-state index is -3.17. The molecule has 2 fully saturated rings. The van der Waals surface area contributed by atoms with Crippen molar-refractivity contribution in [1.82, 2.24) is 9.62 Å². The number of hydrogen-bond acceptors (Lipinski definition) is 4. The summed E-state index contributed by atoms with van der Waals surface area (Å²) in [4.78, 5) is 2.11. The highest BCUT2D eigenvalue weighted by molar-refractivity contribution is 7.89. The van der Waals surface area contributed by atoms with Gasteiger partial charge in [0, 0.05) is 31.9 Å². The smallest absolute Gasteiger partial charge is 0.214 e. The molecule has 2 saturated heterocycles. The first-order chi connectivity index (χ1) is 11.5. The fraction of sp³-hybridized carbons (Fsp3) is 0.647. The van der Waals surface area contributed by atoms with E-state index in [0.29, 0.717) is 32.1 Å². The van der Waals surface area contributed by atoms with Crippen molar-refractivity contribution in [3.05, 3.63) is 30.1 Å². The Morgan fingerprint density at radius 1 is 1.04 bits per heavy atom. The van der Waals surface area contributed by atoms with Crippen molar-refractivity contribution in [1.29, 1.82) is 0 Å². The first-order valence-electron chi connectivity index (χ1n) is 8.74. The third kappa shape index (κ3) is 4.46. The van der Waals surface area contributed by atoms with E-state index >= 15 is 0 Å². The Balaban J connectivity index is 1.50. The SMILES string of the molecule is O=S(=O)(CCC1CCNCC1)N1CCN(c2ccc(F)cc2)CC1. The topological polar surface area (TPSA) is 52.7 Å². The average molecular weight is 355 g/mol. The quantitative estimate of drug-likeness (QED) is 0.873. The minimum Gasteiger partial charge on any atom is -0.369 e. The number of rotatable bonds is 5. The van der Waals surface area contributed by atoms with E-state index in [2.05, 4.69) is 10.2 Å². The summed E-state index contributed by atoms with van der Waals surface area (Å²) >= 11 is 0. The van der Waals surface area contributed by atoms with Crippen LogP contribution in [0, 0.1) is 11.7 Å². The lowest BCUT2D eigenvalue weighted by molar-refractivity contribution is 0.354. The number of piperazine rings is 1. The number of hydrogen-bond donors (Lipinski definition) is 1. The molecule has 0 aliphatic carbocycles. The zero-order chi connectivity index (χ0) is 17.0. The van der Waals surface area contributed by atoms with Gasteiger partial charge in [-0.3, -0.25) is 0 Å². The summed E-state index contributed by atoms with van der Waals surface area (Å²) in [7, 11) is -3.17. The molecule has 24 heavy (non-hydrogen) atoms. The third-order valence-corrected chi connectivity index (χ3v) is 6.97. The van der Waals surface area contributed by atoms with Gasteiger partial charge in [-0.25, -0.2) is 12.8 Å². The Bertz CT molecular complexity index is 622. The summed E-state index contributed by atoms with van der Waals surface area (Å²) in [5, 5.41) is 3.31. The van der Waals surface area contributed by atoms with Gasteiger partial charge in [-0.05, 0) is 62.5 Å². The molecule has 3 rings (SSSR count). The van der Waals surface area contributed by atoms with Crippen LogP contribution in [0.3, 0.4) is 0 Å². The molecular formula is C17H26FN3O2S. The fourth-order valence-electron chi connectivity index (χ4n) is 3.49. The Labute approximate surface area is 143 Å². The number of sulfonamides is 1. The van der Waals surface area contributed by atoms with E-state index in [1.54, 1.807) is 16.4 Å². The molecule has 2 aliphatic heterocycles. The lowest BCUT2D eigenvalue weighted by Gasteiger charge is -2.35. The van der Waals surface area contributed by atoms with E-state index < -0.39 is 10.0 Å². The molecule has 2 aliphatic rings. The van der Waals surface area contributed by atoms with Gasteiger partial charge in [0.1, 0.15) is 5.82 Å². The van der Waals surface area contributed by atoms with Crippen molar-refractivity contribution in [3.8, 4) is 0 Å². The average Bonchev–Trinajstić information content (AvgIpc) is 2.62. The van der Waals surface area contributed by atoms with Crippen molar-refractivity contribution in [2.24, 2.45) is 5.92 Å². The highest BCUT2D eigenvalue weighted by atomic mass is 32.2. The summed E-state index contributed by atoms with van der Waals surface area (Å²) in [6, 6.07) is 6.38. The first kappa shape index (κ1) is 17.6. The molecule has 0 amide bonds. The van der Waals surface area contributed by atoms with Gasteiger partial charge >= 0.3 is 0 Å². The molecule has 5 nitrogen and oxygen atoms in total. The Kier molecular flexibility index (Phi) is 5.73. The lowest BCUT2D eigenvalue weighted by Crippen LogP contribution is -2.49. The van der Waals surface area contributed by atoms with Gasteiger partial charge in [0.05, 0.1) is 5.75 Å². The van der Waals surface area contributed by atoms with E-state index in [4.69, 9.17) is 0 Å². The fourth-order valence-corrected chi connectivity index (χ4v) is 5.10. The Morgan fingerprint density at radius 2 is 1.67 bits per heavy atom. The van der Waals surface area contributed by atoms with E-state index in [1.165, 1.54) is 12.1 Å². The van der Waals surface area contributed by atoms with Crippen LogP contribution in [0.1, 0.15) is 19.3 Å². The molecule has 1 aromatic carbocycles. The second-order valence-corrected chi connectivity index (χ2v) is 8.75. The van der Waals surface area contributed by atoms with Crippen molar-refractivity contribution in [2.75, 3.05) is 49.9 Å². The normalized spacial score (nSPS) is 21.1. The van der Waals surface area contributed by atoms with Crippen LogP contribution in [-0.4, -0.2) is 57.7 Å². The van der Waals surface area contributed by atoms with Crippen LogP contribution in [0.25, 0.3) is 0 Å². The monoisotopic (exact) mass is 355 g/mol. The van der Waals surface area contributed by atoms with Gasteiger partial charge in [0.2, 0.25) is 10.0 Å². The molecule has 7 heteroatoms. The van der Waals surface area contributed by atoms with Crippen LogP contribution in [0.2, 0.25) is 0 Å². The number of nitrogens with zero attached hydrogens (tertiary/aromatic N) is 2. The van der Waals surface area contributed by atoms with Gasteiger partial charge in [0.25, 0.3) is 0 Å². The van der Waals surface area contributed by atoms with Crippen molar-refractivity contribution < 1.29 is 12.8 Å². The van der Waals surface area contributed by atoms with E-state index in [1.807, 2.05) is 0 Å². The third-order valence-electron chi connectivity index (χ3n) is 5.07. The Hall–Kier alpha value is -1.18. The van der Waals surface area contributed by atoms with E-state index in [-0.39, 0.29) is 11.6 Å². The predicted molar refractivity (Wildman–Crippen MR) is 94.2 cm³/mol. The van der Waals surface area contributed by atoms with Crippen LogP contribution >= 0.6 is 0 Å². The van der Waals surface area contributed by atoms with Gasteiger partial charge < -0.3 is 10.2 Å². The van der Waals surface area contributed by atoms with Crippen LogP contribution in [-0.2, 0) is 10.0 Å². The highest BCUT2D eigenvalue weighted by Gasteiger charge is 2.28.